The largest absolute Gasteiger partial charge is 0.325 e. The van der Waals surface area contributed by atoms with Gasteiger partial charge in [-0.2, -0.15) is 0 Å². The molecule has 2 N–H and O–H groups in total. The van der Waals surface area contributed by atoms with E-state index in [1.165, 1.54) is 0 Å². The lowest BCUT2D eigenvalue weighted by Gasteiger charge is -2.19. The number of hydrogen-bond donors (Lipinski definition) is 2. The van der Waals surface area contributed by atoms with Gasteiger partial charge in [-0.25, -0.2) is 4.79 Å². The number of imide groups is 1. The number of benzene rings is 1. The molecule has 0 aromatic heterocycles. The number of aryl methyl sites for hydroxylation is 1. The van der Waals surface area contributed by atoms with Gasteiger partial charge in [0.1, 0.15) is 12.1 Å². The Morgan fingerprint density at radius 1 is 1.27 bits per heavy atom. The molecule has 0 unspecified atom stereocenters. The van der Waals surface area contributed by atoms with Gasteiger partial charge in [0.2, 0.25) is 5.91 Å². The predicted octanol–water partition coefficient (Wildman–Crippen LogP) is 1.91. The van der Waals surface area contributed by atoms with E-state index in [9.17, 15) is 14.4 Å². The molecule has 0 spiro atoms. The number of hydrogen-bond acceptors (Lipinski definition) is 3. The van der Waals surface area contributed by atoms with Crippen LogP contribution in [-0.2, 0) is 16.0 Å². The maximum absolute atomic E-state index is 12.2. The van der Waals surface area contributed by atoms with Crippen LogP contribution in [0.1, 0.15) is 32.8 Å². The van der Waals surface area contributed by atoms with Crippen LogP contribution in [0.25, 0.3) is 0 Å². The van der Waals surface area contributed by atoms with Crippen LogP contribution in [0.15, 0.2) is 24.3 Å². The average molecular weight is 303 g/mol. The minimum atomic E-state index is -0.918. The summed E-state index contributed by atoms with van der Waals surface area (Å²) in [7, 11) is 0. The van der Waals surface area contributed by atoms with E-state index < -0.39 is 11.6 Å². The van der Waals surface area contributed by atoms with Crippen LogP contribution in [0.5, 0.6) is 0 Å². The molecule has 1 fully saturated rings. The molecular formula is C16H21N3O3. The molecule has 1 aliphatic rings. The standard InChI is InChI=1S/C16H21N3O3/c1-4-11-8-6-7-9-12(11)17-13(20)10-19-14(21)16(3,5-2)18-15(19)22/h6-9H,4-5,10H2,1-3H3,(H,17,20)(H,18,22)/t16-/m0/s1. The summed E-state index contributed by atoms with van der Waals surface area (Å²) in [6, 6.07) is 6.94. The fourth-order valence-corrected chi connectivity index (χ4v) is 2.41. The number of nitrogens with zero attached hydrogens (tertiary/aromatic N) is 1. The molecule has 0 aliphatic carbocycles. The van der Waals surface area contributed by atoms with Gasteiger partial charge in [0.25, 0.3) is 5.91 Å². The van der Waals surface area contributed by atoms with Crippen LogP contribution in [0.2, 0.25) is 0 Å². The molecule has 1 atom stereocenters. The first-order chi connectivity index (χ1) is 10.4. The topological polar surface area (TPSA) is 78.5 Å². The van der Waals surface area contributed by atoms with E-state index >= 15 is 0 Å². The van der Waals surface area contributed by atoms with Gasteiger partial charge in [-0.15, -0.1) is 0 Å². The van der Waals surface area contributed by atoms with Gasteiger partial charge in [-0.3, -0.25) is 14.5 Å². The van der Waals surface area contributed by atoms with Crippen molar-refractivity contribution in [1.29, 1.82) is 0 Å². The molecule has 0 radical (unpaired) electrons. The number of carbonyl (C=O) groups excluding carboxylic acids is 3. The Morgan fingerprint density at radius 3 is 2.55 bits per heavy atom. The van der Waals surface area contributed by atoms with Gasteiger partial charge < -0.3 is 10.6 Å². The number of nitrogens with one attached hydrogen (secondary N) is 2. The zero-order valence-corrected chi connectivity index (χ0v) is 13.1. The third-order valence-electron chi connectivity index (χ3n) is 4.03. The highest BCUT2D eigenvalue weighted by Gasteiger charge is 2.46. The molecule has 1 saturated heterocycles. The van der Waals surface area contributed by atoms with Crippen LogP contribution in [-0.4, -0.2) is 34.8 Å². The molecule has 0 bridgehead atoms. The molecule has 1 heterocycles. The third-order valence-corrected chi connectivity index (χ3v) is 4.03. The molecule has 6 nitrogen and oxygen atoms in total. The van der Waals surface area contributed by atoms with Gasteiger partial charge in [0.15, 0.2) is 0 Å². The number of carbonyl (C=O) groups is 3. The molecule has 1 aromatic carbocycles. The first-order valence-corrected chi connectivity index (χ1v) is 7.43. The van der Waals surface area contributed by atoms with Gasteiger partial charge in [0.05, 0.1) is 0 Å². The Kier molecular flexibility index (Phi) is 4.49. The quantitative estimate of drug-likeness (QED) is 0.816. The smallest absolute Gasteiger partial charge is 0.324 e. The van der Waals surface area contributed by atoms with Crippen molar-refractivity contribution in [2.24, 2.45) is 0 Å². The van der Waals surface area contributed by atoms with Crippen LogP contribution < -0.4 is 10.6 Å². The predicted molar refractivity (Wildman–Crippen MR) is 83.4 cm³/mol. The molecule has 0 saturated carbocycles. The minimum Gasteiger partial charge on any atom is -0.324 e. The number of urea groups is 1. The maximum atomic E-state index is 12.2. The first kappa shape index (κ1) is 16.0. The fraction of sp³-hybridized carbons (Fsp3) is 0.438. The van der Waals surface area contributed by atoms with Gasteiger partial charge >= 0.3 is 6.03 Å². The zero-order chi connectivity index (χ0) is 16.3. The lowest BCUT2D eigenvalue weighted by atomic mass is 9.99. The number of anilines is 1. The van der Waals surface area contributed by atoms with E-state index in [-0.39, 0.29) is 18.4 Å². The fourth-order valence-electron chi connectivity index (χ4n) is 2.41. The number of amides is 4. The summed E-state index contributed by atoms with van der Waals surface area (Å²) in [5.41, 5.74) is 0.797. The average Bonchev–Trinajstić information content (AvgIpc) is 2.72. The van der Waals surface area contributed by atoms with E-state index in [0.29, 0.717) is 12.1 Å². The third kappa shape index (κ3) is 2.95. The summed E-state index contributed by atoms with van der Waals surface area (Å²) in [5, 5.41) is 5.39. The van der Waals surface area contributed by atoms with E-state index in [1.807, 2.05) is 32.0 Å². The summed E-state index contributed by atoms with van der Waals surface area (Å²) in [6.45, 7) is 5.20. The molecule has 4 amide bonds. The number of para-hydroxylation sites is 1. The summed E-state index contributed by atoms with van der Waals surface area (Å²) in [4.78, 5) is 37.2. The molecule has 22 heavy (non-hydrogen) atoms. The van der Waals surface area contributed by atoms with Crippen LogP contribution >= 0.6 is 0 Å². The lowest BCUT2D eigenvalue weighted by Crippen LogP contribution is -2.44. The van der Waals surface area contributed by atoms with E-state index in [2.05, 4.69) is 10.6 Å². The highest BCUT2D eigenvalue weighted by molar-refractivity contribution is 6.09. The highest BCUT2D eigenvalue weighted by atomic mass is 16.2. The second kappa shape index (κ2) is 6.17. The van der Waals surface area contributed by atoms with Crippen molar-refractivity contribution in [2.45, 2.75) is 39.2 Å². The summed E-state index contributed by atoms with van der Waals surface area (Å²) in [6.07, 6.45) is 1.27. The van der Waals surface area contributed by atoms with Crippen LogP contribution in [0, 0.1) is 0 Å². The van der Waals surface area contributed by atoms with Crippen molar-refractivity contribution in [2.75, 3.05) is 11.9 Å². The number of rotatable bonds is 5. The van der Waals surface area contributed by atoms with Crippen LogP contribution in [0.4, 0.5) is 10.5 Å². The highest BCUT2D eigenvalue weighted by Crippen LogP contribution is 2.21. The van der Waals surface area contributed by atoms with Crippen molar-refractivity contribution in [1.82, 2.24) is 10.2 Å². The normalized spacial score (nSPS) is 21.0. The summed E-state index contributed by atoms with van der Waals surface area (Å²) < 4.78 is 0. The SMILES string of the molecule is CCc1ccccc1NC(=O)CN1C(=O)N[C@@](C)(CC)C1=O. The molecule has 1 aromatic rings. The summed E-state index contributed by atoms with van der Waals surface area (Å²) >= 11 is 0. The van der Waals surface area contributed by atoms with E-state index in [0.717, 1.165) is 16.9 Å². The van der Waals surface area contributed by atoms with Gasteiger partial charge in [-0.1, -0.05) is 32.0 Å². The lowest BCUT2D eigenvalue weighted by molar-refractivity contribution is -0.133. The monoisotopic (exact) mass is 303 g/mol. The van der Waals surface area contributed by atoms with E-state index in [4.69, 9.17) is 0 Å². The molecule has 6 heteroatoms. The van der Waals surface area contributed by atoms with Gasteiger partial charge in [-0.05, 0) is 31.4 Å². The van der Waals surface area contributed by atoms with Crippen LogP contribution in [0.3, 0.4) is 0 Å². The minimum absolute atomic E-state index is 0.279. The Morgan fingerprint density at radius 2 is 1.95 bits per heavy atom. The molecule has 2 rings (SSSR count). The van der Waals surface area contributed by atoms with Crippen molar-refractivity contribution in [3.63, 3.8) is 0 Å². The van der Waals surface area contributed by atoms with Crippen molar-refractivity contribution >= 4 is 23.5 Å². The molecular weight excluding hydrogens is 282 g/mol. The van der Waals surface area contributed by atoms with Crippen molar-refractivity contribution < 1.29 is 14.4 Å². The second-order valence-electron chi connectivity index (χ2n) is 5.57. The zero-order valence-electron chi connectivity index (χ0n) is 13.1. The molecule has 1 aliphatic heterocycles. The Hall–Kier alpha value is -2.37. The second-order valence-corrected chi connectivity index (χ2v) is 5.57. The van der Waals surface area contributed by atoms with Crippen molar-refractivity contribution in [3.05, 3.63) is 29.8 Å². The van der Waals surface area contributed by atoms with E-state index in [1.54, 1.807) is 13.0 Å². The van der Waals surface area contributed by atoms with Crippen molar-refractivity contribution in [3.8, 4) is 0 Å². The Bertz CT molecular complexity index is 614. The summed E-state index contributed by atoms with van der Waals surface area (Å²) in [5.74, 6) is -0.747. The van der Waals surface area contributed by atoms with Gasteiger partial charge in [0, 0.05) is 5.69 Å². The molecule has 118 valence electrons. The first-order valence-electron chi connectivity index (χ1n) is 7.43. The maximum Gasteiger partial charge on any atom is 0.325 e. The Balaban J connectivity index is 2.07. The Labute approximate surface area is 129 Å².